The van der Waals surface area contributed by atoms with Gasteiger partial charge in [-0.2, -0.15) is 0 Å². The second kappa shape index (κ2) is 6.20. The molecule has 4 heteroatoms. The fraction of sp³-hybridized carbons (Fsp3) is 0.467. The van der Waals surface area contributed by atoms with Crippen molar-refractivity contribution >= 4 is 23.7 Å². The highest BCUT2D eigenvalue weighted by Crippen LogP contribution is 2.30. The third kappa shape index (κ3) is 3.35. The second-order valence-corrected chi connectivity index (χ2v) is 5.44. The predicted octanol–water partition coefficient (Wildman–Crippen LogP) is 3.56. The maximum absolute atomic E-state index is 10.9. The van der Waals surface area contributed by atoms with Gasteiger partial charge in [-0.3, -0.25) is 9.79 Å². The molecule has 0 atom stereocenters. The summed E-state index contributed by atoms with van der Waals surface area (Å²) in [6, 6.07) is 7.66. The molecule has 0 aromatic heterocycles. The normalized spacial score (nSPS) is 18.9. The molecule has 1 aliphatic carbocycles. The van der Waals surface area contributed by atoms with Crippen molar-refractivity contribution in [3.63, 3.8) is 0 Å². The molecule has 0 aliphatic heterocycles. The third-order valence-electron chi connectivity index (χ3n) is 3.65. The Bertz CT molecular complexity index is 479. The number of aliphatic imine (C=N–C) groups is 1. The van der Waals surface area contributed by atoms with Crippen LogP contribution in [-0.4, -0.2) is 17.8 Å². The lowest BCUT2D eigenvalue weighted by Gasteiger charge is -2.33. The molecule has 1 fully saturated rings. The summed E-state index contributed by atoms with van der Waals surface area (Å²) in [5, 5.41) is 3.60. The zero-order valence-electron chi connectivity index (χ0n) is 11.2. The largest absolute Gasteiger partial charge is 0.334 e. The van der Waals surface area contributed by atoms with Crippen LogP contribution in [0.15, 0.2) is 29.3 Å². The minimum atomic E-state index is -0.441. The van der Waals surface area contributed by atoms with Crippen LogP contribution in [-0.2, 0) is 4.79 Å². The molecular formula is C15H19ClN2O. The summed E-state index contributed by atoms with van der Waals surface area (Å²) in [6.45, 7) is 1.95. The number of amides is 1. The van der Waals surface area contributed by atoms with E-state index in [4.69, 9.17) is 16.6 Å². The first-order chi connectivity index (χ1) is 9.17. The number of benzene rings is 1. The molecule has 0 heterocycles. The minimum Gasteiger partial charge on any atom is -0.334 e. The van der Waals surface area contributed by atoms with Crippen molar-refractivity contribution in [1.82, 2.24) is 5.32 Å². The van der Waals surface area contributed by atoms with E-state index in [0.29, 0.717) is 5.02 Å². The molecule has 1 amide bonds. The van der Waals surface area contributed by atoms with E-state index in [1.54, 1.807) is 0 Å². The van der Waals surface area contributed by atoms with Gasteiger partial charge in [0.05, 0.1) is 0 Å². The second-order valence-electron chi connectivity index (χ2n) is 5.03. The highest BCUT2D eigenvalue weighted by molar-refractivity contribution is 6.34. The maximum atomic E-state index is 10.9. The molecule has 1 saturated carbocycles. The standard InChI is InChI=1S/C15H19ClN2O/c1-12(13-7-3-4-8-14(13)16)18-15(17-11-19)9-5-2-6-10-15/h3-4,7-8,11H,2,5-6,9-10H2,1H3,(H,17,19)/b18-12+. The Morgan fingerprint density at radius 1 is 1.32 bits per heavy atom. The number of carbonyl (C=O) groups is 1. The monoisotopic (exact) mass is 278 g/mol. The van der Waals surface area contributed by atoms with Gasteiger partial charge in [0.1, 0.15) is 5.66 Å². The molecule has 1 aromatic rings. The number of hydrogen-bond donors (Lipinski definition) is 1. The van der Waals surface area contributed by atoms with Gasteiger partial charge in [-0.1, -0.05) is 36.2 Å². The molecule has 3 nitrogen and oxygen atoms in total. The van der Waals surface area contributed by atoms with Gasteiger partial charge in [-0.15, -0.1) is 0 Å². The lowest BCUT2D eigenvalue weighted by atomic mass is 9.89. The van der Waals surface area contributed by atoms with Crippen molar-refractivity contribution in [1.29, 1.82) is 0 Å². The number of rotatable bonds is 4. The Balaban J connectivity index is 2.30. The third-order valence-corrected chi connectivity index (χ3v) is 3.98. The van der Waals surface area contributed by atoms with Crippen molar-refractivity contribution in [3.8, 4) is 0 Å². The van der Waals surface area contributed by atoms with Crippen molar-refractivity contribution < 1.29 is 4.79 Å². The quantitative estimate of drug-likeness (QED) is 0.664. The molecule has 1 N–H and O–H groups in total. The minimum absolute atomic E-state index is 0.441. The number of hydrogen-bond acceptors (Lipinski definition) is 2. The van der Waals surface area contributed by atoms with E-state index in [9.17, 15) is 4.79 Å². The van der Waals surface area contributed by atoms with E-state index in [1.807, 2.05) is 31.2 Å². The molecule has 2 rings (SSSR count). The van der Waals surface area contributed by atoms with Gasteiger partial charge in [0.25, 0.3) is 0 Å². The van der Waals surface area contributed by atoms with Crippen LogP contribution in [0.2, 0.25) is 5.02 Å². The van der Waals surface area contributed by atoms with Crippen LogP contribution in [0.25, 0.3) is 0 Å². The van der Waals surface area contributed by atoms with Crippen molar-refractivity contribution in [2.45, 2.75) is 44.7 Å². The van der Waals surface area contributed by atoms with Crippen LogP contribution < -0.4 is 5.32 Å². The Hall–Kier alpha value is -1.35. The lowest BCUT2D eigenvalue weighted by molar-refractivity contribution is -0.111. The zero-order chi connectivity index (χ0) is 13.7. The molecule has 0 spiro atoms. The average Bonchev–Trinajstić information content (AvgIpc) is 2.40. The van der Waals surface area contributed by atoms with E-state index >= 15 is 0 Å². The Morgan fingerprint density at radius 3 is 2.63 bits per heavy atom. The van der Waals surface area contributed by atoms with E-state index in [-0.39, 0.29) is 0 Å². The highest BCUT2D eigenvalue weighted by atomic mass is 35.5. The fourth-order valence-corrected chi connectivity index (χ4v) is 2.94. The van der Waals surface area contributed by atoms with Gasteiger partial charge in [0, 0.05) is 16.3 Å². The van der Waals surface area contributed by atoms with E-state index in [0.717, 1.165) is 43.4 Å². The van der Waals surface area contributed by atoms with Crippen LogP contribution >= 0.6 is 11.6 Å². The first-order valence-corrected chi connectivity index (χ1v) is 7.07. The number of nitrogens with zero attached hydrogens (tertiary/aromatic N) is 1. The van der Waals surface area contributed by atoms with Gasteiger partial charge in [-0.25, -0.2) is 0 Å². The van der Waals surface area contributed by atoms with Crippen LogP contribution in [0.5, 0.6) is 0 Å². The maximum Gasteiger partial charge on any atom is 0.208 e. The molecule has 0 radical (unpaired) electrons. The molecule has 0 bridgehead atoms. The average molecular weight is 279 g/mol. The first kappa shape index (κ1) is 14.1. The Morgan fingerprint density at radius 2 is 2.00 bits per heavy atom. The predicted molar refractivity (Wildman–Crippen MR) is 78.7 cm³/mol. The van der Waals surface area contributed by atoms with Crippen molar-refractivity contribution in [3.05, 3.63) is 34.9 Å². The summed E-state index contributed by atoms with van der Waals surface area (Å²) in [7, 11) is 0. The van der Waals surface area contributed by atoms with Gasteiger partial charge in [-0.05, 0) is 38.7 Å². The van der Waals surface area contributed by atoms with E-state index in [1.165, 1.54) is 6.42 Å². The van der Waals surface area contributed by atoms with Crippen molar-refractivity contribution in [2.24, 2.45) is 4.99 Å². The Kier molecular flexibility index (Phi) is 4.59. The summed E-state index contributed by atoms with van der Waals surface area (Å²) < 4.78 is 0. The summed E-state index contributed by atoms with van der Waals surface area (Å²) in [4.78, 5) is 15.6. The topological polar surface area (TPSA) is 41.5 Å². The summed E-state index contributed by atoms with van der Waals surface area (Å²) in [5.41, 5.74) is 1.37. The van der Waals surface area contributed by atoms with Gasteiger partial charge < -0.3 is 5.32 Å². The van der Waals surface area contributed by atoms with E-state index < -0.39 is 5.66 Å². The Labute approximate surface area is 119 Å². The van der Waals surface area contributed by atoms with E-state index in [2.05, 4.69) is 5.32 Å². The molecule has 0 unspecified atom stereocenters. The molecule has 102 valence electrons. The molecule has 1 aliphatic rings. The zero-order valence-corrected chi connectivity index (χ0v) is 11.9. The number of nitrogens with one attached hydrogen (secondary N) is 1. The van der Waals surface area contributed by atoms with Crippen LogP contribution in [0.4, 0.5) is 0 Å². The fourth-order valence-electron chi connectivity index (χ4n) is 2.67. The highest BCUT2D eigenvalue weighted by Gasteiger charge is 2.31. The van der Waals surface area contributed by atoms with Crippen LogP contribution in [0, 0.1) is 0 Å². The van der Waals surface area contributed by atoms with Crippen LogP contribution in [0.3, 0.4) is 0 Å². The van der Waals surface area contributed by atoms with Crippen LogP contribution in [0.1, 0.15) is 44.6 Å². The number of halogens is 1. The first-order valence-electron chi connectivity index (χ1n) is 6.70. The van der Waals surface area contributed by atoms with Gasteiger partial charge in [0.2, 0.25) is 6.41 Å². The lowest BCUT2D eigenvalue weighted by Crippen LogP contribution is -2.45. The SMILES string of the molecule is C/C(=N\C1(NC=O)CCCCC1)c1ccccc1Cl. The molecule has 1 aromatic carbocycles. The molecule has 0 saturated heterocycles. The molecule has 19 heavy (non-hydrogen) atoms. The van der Waals surface area contributed by atoms with Gasteiger partial charge in [0.15, 0.2) is 0 Å². The smallest absolute Gasteiger partial charge is 0.208 e. The van der Waals surface area contributed by atoms with Gasteiger partial charge >= 0.3 is 0 Å². The summed E-state index contributed by atoms with van der Waals surface area (Å²) in [6.07, 6.45) is 5.96. The molecular weight excluding hydrogens is 260 g/mol. The summed E-state index contributed by atoms with van der Waals surface area (Å²) in [5.74, 6) is 0. The van der Waals surface area contributed by atoms with Crippen molar-refractivity contribution in [2.75, 3.05) is 0 Å². The number of carbonyl (C=O) groups excluding carboxylic acids is 1. The summed E-state index contributed by atoms with van der Waals surface area (Å²) >= 11 is 6.19.